The van der Waals surface area contributed by atoms with Crippen LogP contribution < -0.4 is 11.1 Å². The highest BCUT2D eigenvalue weighted by molar-refractivity contribution is 5.85. The number of nitrogens with one attached hydrogen (secondary N) is 1. The Morgan fingerprint density at radius 1 is 1.44 bits per heavy atom. The standard InChI is InChI=1S/C12H24N2O2/c1-3-12(13,4-2)11(15)14-7-8-16-9-10-5-6-10/h10H,3-9,13H2,1-2H3,(H,14,15). The largest absolute Gasteiger partial charge is 0.379 e. The molecule has 1 fully saturated rings. The number of carbonyl (C=O) groups is 1. The summed E-state index contributed by atoms with van der Waals surface area (Å²) >= 11 is 0. The highest BCUT2D eigenvalue weighted by Crippen LogP contribution is 2.28. The van der Waals surface area contributed by atoms with Gasteiger partial charge in [0, 0.05) is 13.2 Å². The average Bonchev–Trinajstić information content (AvgIpc) is 3.11. The van der Waals surface area contributed by atoms with Crippen molar-refractivity contribution in [1.29, 1.82) is 0 Å². The molecule has 1 aliphatic rings. The monoisotopic (exact) mass is 228 g/mol. The molecule has 94 valence electrons. The van der Waals surface area contributed by atoms with Crippen LogP contribution in [0.25, 0.3) is 0 Å². The minimum atomic E-state index is -0.712. The second-order valence-corrected chi connectivity index (χ2v) is 4.64. The fourth-order valence-corrected chi connectivity index (χ4v) is 1.52. The third-order valence-corrected chi connectivity index (χ3v) is 3.30. The summed E-state index contributed by atoms with van der Waals surface area (Å²) in [6.07, 6.45) is 3.92. The molecule has 0 aromatic rings. The lowest BCUT2D eigenvalue weighted by Crippen LogP contribution is -2.53. The van der Waals surface area contributed by atoms with E-state index < -0.39 is 5.54 Å². The van der Waals surface area contributed by atoms with Crippen molar-refractivity contribution in [3.05, 3.63) is 0 Å². The van der Waals surface area contributed by atoms with Gasteiger partial charge in [0.1, 0.15) is 0 Å². The molecule has 1 aliphatic carbocycles. The van der Waals surface area contributed by atoms with Crippen LogP contribution in [0.1, 0.15) is 39.5 Å². The molecule has 0 bridgehead atoms. The Labute approximate surface area is 97.9 Å². The van der Waals surface area contributed by atoms with Gasteiger partial charge in [-0.15, -0.1) is 0 Å². The number of amides is 1. The first-order valence-corrected chi connectivity index (χ1v) is 6.27. The summed E-state index contributed by atoms with van der Waals surface area (Å²) in [4.78, 5) is 11.7. The normalized spacial score (nSPS) is 16.2. The van der Waals surface area contributed by atoms with Crippen LogP contribution in [-0.4, -0.2) is 31.2 Å². The van der Waals surface area contributed by atoms with Crippen molar-refractivity contribution in [2.45, 2.75) is 45.1 Å². The van der Waals surface area contributed by atoms with Crippen molar-refractivity contribution in [2.24, 2.45) is 11.7 Å². The fraction of sp³-hybridized carbons (Fsp3) is 0.917. The number of rotatable bonds is 8. The molecule has 0 unspecified atom stereocenters. The molecule has 0 heterocycles. The summed E-state index contributed by atoms with van der Waals surface area (Å²) in [7, 11) is 0. The topological polar surface area (TPSA) is 64.4 Å². The molecule has 4 nitrogen and oxygen atoms in total. The Morgan fingerprint density at radius 2 is 2.06 bits per heavy atom. The first kappa shape index (κ1) is 13.5. The van der Waals surface area contributed by atoms with Gasteiger partial charge in [0.2, 0.25) is 5.91 Å². The van der Waals surface area contributed by atoms with Crippen LogP contribution in [0.3, 0.4) is 0 Å². The highest BCUT2D eigenvalue weighted by Gasteiger charge is 2.29. The highest BCUT2D eigenvalue weighted by atomic mass is 16.5. The molecule has 3 N–H and O–H groups in total. The van der Waals surface area contributed by atoms with E-state index >= 15 is 0 Å². The predicted molar refractivity (Wildman–Crippen MR) is 64.1 cm³/mol. The Hall–Kier alpha value is -0.610. The lowest BCUT2D eigenvalue weighted by molar-refractivity contribution is -0.126. The van der Waals surface area contributed by atoms with Gasteiger partial charge in [0.25, 0.3) is 0 Å². The van der Waals surface area contributed by atoms with Crippen LogP contribution >= 0.6 is 0 Å². The van der Waals surface area contributed by atoms with Gasteiger partial charge in [-0.1, -0.05) is 13.8 Å². The van der Waals surface area contributed by atoms with E-state index in [-0.39, 0.29) is 5.91 Å². The van der Waals surface area contributed by atoms with Crippen molar-refractivity contribution in [2.75, 3.05) is 19.8 Å². The zero-order valence-corrected chi connectivity index (χ0v) is 10.4. The zero-order valence-electron chi connectivity index (χ0n) is 10.4. The van der Waals surface area contributed by atoms with Crippen molar-refractivity contribution in [1.82, 2.24) is 5.32 Å². The molecular formula is C12H24N2O2. The number of carbonyl (C=O) groups excluding carboxylic acids is 1. The Balaban J connectivity index is 2.08. The van der Waals surface area contributed by atoms with Gasteiger partial charge in [-0.3, -0.25) is 4.79 Å². The van der Waals surface area contributed by atoms with E-state index in [1.807, 2.05) is 13.8 Å². The molecule has 0 spiro atoms. The molecule has 0 radical (unpaired) electrons. The summed E-state index contributed by atoms with van der Waals surface area (Å²) in [6.45, 7) is 5.86. The third-order valence-electron chi connectivity index (χ3n) is 3.30. The molecule has 4 heteroatoms. The Kier molecular flexibility index (Phi) is 5.22. The van der Waals surface area contributed by atoms with Crippen LogP contribution in [-0.2, 0) is 9.53 Å². The maximum absolute atomic E-state index is 11.7. The molecule has 1 saturated carbocycles. The molecule has 0 aliphatic heterocycles. The third kappa shape index (κ3) is 4.10. The average molecular weight is 228 g/mol. The Bertz CT molecular complexity index is 223. The molecule has 16 heavy (non-hydrogen) atoms. The predicted octanol–water partition coefficient (Wildman–Crippen LogP) is 1.05. The van der Waals surface area contributed by atoms with Crippen LogP contribution in [0.5, 0.6) is 0 Å². The van der Waals surface area contributed by atoms with Crippen molar-refractivity contribution in [3.63, 3.8) is 0 Å². The molecule has 0 saturated heterocycles. The molecule has 0 aromatic heterocycles. The second kappa shape index (κ2) is 6.21. The number of hydrogen-bond donors (Lipinski definition) is 2. The Morgan fingerprint density at radius 3 is 2.56 bits per heavy atom. The van der Waals surface area contributed by atoms with E-state index in [4.69, 9.17) is 10.5 Å². The molecule has 1 rings (SSSR count). The summed E-state index contributed by atoms with van der Waals surface area (Å²) in [5.41, 5.74) is 5.25. The van der Waals surface area contributed by atoms with E-state index in [1.165, 1.54) is 12.8 Å². The van der Waals surface area contributed by atoms with Gasteiger partial charge in [0.15, 0.2) is 0 Å². The minimum Gasteiger partial charge on any atom is -0.379 e. The summed E-state index contributed by atoms with van der Waals surface area (Å²) in [5.74, 6) is 0.711. The van der Waals surface area contributed by atoms with Gasteiger partial charge < -0.3 is 15.8 Å². The molecular weight excluding hydrogens is 204 g/mol. The van der Waals surface area contributed by atoms with E-state index in [9.17, 15) is 4.79 Å². The lowest BCUT2D eigenvalue weighted by Gasteiger charge is -2.25. The van der Waals surface area contributed by atoms with Gasteiger partial charge in [-0.2, -0.15) is 0 Å². The zero-order chi connectivity index (χ0) is 12.0. The number of hydrogen-bond acceptors (Lipinski definition) is 3. The second-order valence-electron chi connectivity index (χ2n) is 4.64. The maximum atomic E-state index is 11.7. The first-order chi connectivity index (χ1) is 7.62. The first-order valence-electron chi connectivity index (χ1n) is 6.27. The van der Waals surface area contributed by atoms with Gasteiger partial charge in [0.05, 0.1) is 12.1 Å². The summed E-state index contributed by atoms with van der Waals surface area (Å²) in [5, 5.41) is 2.83. The van der Waals surface area contributed by atoms with Crippen LogP contribution in [0.4, 0.5) is 0 Å². The molecule has 1 amide bonds. The van der Waals surface area contributed by atoms with E-state index in [1.54, 1.807) is 0 Å². The quantitative estimate of drug-likeness (QED) is 0.610. The van der Waals surface area contributed by atoms with Gasteiger partial charge in [-0.05, 0) is 31.6 Å². The van der Waals surface area contributed by atoms with Crippen molar-refractivity contribution >= 4 is 5.91 Å². The van der Waals surface area contributed by atoms with Crippen LogP contribution in [0.15, 0.2) is 0 Å². The smallest absolute Gasteiger partial charge is 0.240 e. The molecule has 0 aromatic carbocycles. The van der Waals surface area contributed by atoms with Gasteiger partial charge >= 0.3 is 0 Å². The van der Waals surface area contributed by atoms with Crippen molar-refractivity contribution < 1.29 is 9.53 Å². The van der Waals surface area contributed by atoms with E-state index in [0.717, 1.165) is 12.5 Å². The van der Waals surface area contributed by atoms with Crippen LogP contribution in [0, 0.1) is 5.92 Å². The van der Waals surface area contributed by atoms with E-state index in [2.05, 4.69) is 5.32 Å². The molecule has 0 atom stereocenters. The maximum Gasteiger partial charge on any atom is 0.240 e. The van der Waals surface area contributed by atoms with E-state index in [0.29, 0.717) is 26.0 Å². The SMILES string of the molecule is CCC(N)(CC)C(=O)NCCOCC1CC1. The van der Waals surface area contributed by atoms with Crippen molar-refractivity contribution in [3.8, 4) is 0 Å². The lowest BCUT2D eigenvalue weighted by atomic mass is 9.93. The minimum absolute atomic E-state index is 0.0625. The summed E-state index contributed by atoms with van der Waals surface area (Å²) < 4.78 is 5.43. The summed E-state index contributed by atoms with van der Waals surface area (Å²) in [6, 6.07) is 0. The fourth-order valence-electron chi connectivity index (χ4n) is 1.52. The van der Waals surface area contributed by atoms with Crippen LogP contribution in [0.2, 0.25) is 0 Å². The number of nitrogens with two attached hydrogens (primary N) is 1. The number of ether oxygens (including phenoxy) is 1. The van der Waals surface area contributed by atoms with Gasteiger partial charge in [-0.25, -0.2) is 0 Å².